The van der Waals surface area contributed by atoms with Gasteiger partial charge in [-0.15, -0.1) is 0 Å². The number of allylic oxidation sites excluding steroid dienone is 1. The molecule has 4 heteroatoms. The molecule has 0 saturated heterocycles. The minimum absolute atomic E-state index is 0.0422. The molecule has 0 spiro atoms. The van der Waals surface area contributed by atoms with Crippen molar-refractivity contribution in [3.05, 3.63) is 93.5 Å². The zero-order valence-corrected chi connectivity index (χ0v) is 13.1. The molecule has 0 bridgehead atoms. The van der Waals surface area contributed by atoms with Crippen LogP contribution in [0.25, 0.3) is 16.8 Å². The number of hydrogen-bond acceptors (Lipinski definition) is 3. The molecule has 0 heterocycles. The van der Waals surface area contributed by atoms with Gasteiger partial charge in [-0.25, -0.2) is 0 Å². The largest absolute Gasteiger partial charge is 0.289 e. The van der Waals surface area contributed by atoms with E-state index in [-0.39, 0.29) is 11.5 Å². The Morgan fingerprint density at radius 1 is 1.04 bits per heavy atom. The maximum atomic E-state index is 12.3. The first kappa shape index (κ1) is 15.6. The number of ketones is 1. The highest BCUT2D eigenvalue weighted by Gasteiger charge is 2.13. The molecule has 0 atom stereocenters. The lowest BCUT2D eigenvalue weighted by atomic mass is 10.0. The van der Waals surface area contributed by atoms with E-state index in [0.29, 0.717) is 11.1 Å². The van der Waals surface area contributed by atoms with Crippen LogP contribution in [-0.4, -0.2) is 10.7 Å². The quantitative estimate of drug-likeness (QED) is 0.296. The normalized spacial score (nSPS) is 11.0. The van der Waals surface area contributed by atoms with E-state index in [9.17, 15) is 14.9 Å². The Labute approximate surface area is 139 Å². The van der Waals surface area contributed by atoms with Gasteiger partial charge in [0.25, 0.3) is 5.69 Å². The van der Waals surface area contributed by atoms with E-state index in [1.54, 1.807) is 25.1 Å². The molecule has 0 aliphatic rings. The smallest absolute Gasteiger partial charge is 0.273 e. The number of rotatable bonds is 4. The van der Waals surface area contributed by atoms with Gasteiger partial charge in [0.2, 0.25) is 0 Å². The molecule has 0 aliphatic heterocycles. The zero-order chi connectivity index (χ0) is 17.1. The maximum absolute atomic E-state index is 12.3. The summed E-state index contributed by atoms with van der Waals surface area (Å²) in [5, 5.41) is 13.1. The van der Waals surface area contributed by atoms with Crippen molar-refractivity contribution in [2.45, 2.75) is 6.92 Å². The van der Waals surface area contributed by atoms with Crippen molar-refractivity contribution >= 4 is 28.3 Å². The van der Waals surface area contributed by atoms with Gasteiger partial charge in [0.1, 0.15) is 0 Å². The number of carbonyl (C=O) groups is 1. The summed E-state index contributed by atoms with van der Waals surface area (Å²) < 4.78 is 0. The first-order valence-electron chi connectivity index (χ1n) is 7.51. The van der Waals surface area contributed by atoms with Crippen molar-refractivity contribution in [1.82, 2.24) is 0 Å². The van der Waals surface area contributed by atoms with Gasteiger partial charge in [-0.1, -0.05) is 60.7 Å². The summed E-state index contributed by atoms with van der Waals surface area (Å²) in [6, 6.07) is 18.3. The molecule has 0 fully saturated rings. The molecule has 0 saturated carbocycles. The SMILES string of the molecule is Cc1ccc(C(=O)/C=C/c2cccc3ccccc23)cc1[N+](=O)[O-]. The number of carbonyl (C=O) groups excluding carboxylic acids is 1. The molecule has 3 aromatic carbocycles. The van der Waals surface area contributed by atoms with Crippen LogP contribution in [0.1, 0.15) is 21.5 Å². The van der Waals surface area contributed by atoms with Gasteiger partial charge in [0.05, 0.1) is 4.92 Å². The van der Waals surface area contributed by atoms with Gasteiger partial charge in [-0.05, 0) is 29.3 Å². The fourth-order valence-corrected chi connectivity index (χ4v) is 2.62. The molecule has 0 unspecified atom stereocenters. The Morgan fingerprint density at radius 3 is 2.58 bits per heavy atom. The standard InChI is InChI=1S/C20H15NO3/c1-14-9-10-17(13-19(14)21(23)24)20(22)12-11-16-7-4-6-15-5-2-3-8-18(15)16/h2-13H,1H3/b12-11+. The summed E-state index contributed by atoms with van der Waals surface area (Å²) in [5.74, 6) is -0.258. The number of nitrogens with zero attached hydrogens (tertiary/aromatic N) is 1. The van der Waals surface area contributed by atoms with Crippen LogP contribution >= 0.6 is 0 Å². The lowest BCUT2D eigenvalue weighted by molar-refractivity contribution is -0.385. The van der Waals surface area contributed by atoms with E-state index >= 15 is 0 Å². The van der Waals surface area contributed by atoms with E-state index in [2.05, 4.69) is 0 Å². The van der Waals surface area contributed by atoms with Crippen molar-refractivity contribution in [2.75, 3.05) is 0 Å². The molecule has 0 amide bonds. The second-order valence-electron chi connectivity index (χ2n) is 5.52. The summed E-state index contributed by atoms with van der Waals surface area (Å²) in [7, 11) is 0. The molecule has 24 heavy (non-hydrogen) atoms. The molecule has 4 nitrogen and oxygen atoms in total. The van der Waals surface area contributed by atoms with Crippen molar-refractivity contribution in [1.29, 1.82) is 0 Å². The predicted octanol–water partition coefficient (Wildman–Crippen LogP) is 4.95. The van der Waals surface area contributed by atoms with Crippen LogP contribution in [0.15, 0.2) is 66.7 Å². The Morgan fingerprint density at radius 2 is 1.79 bits per heavy atom. The second-order valence-corrected chi connectivity index (χ2v) is 5.52. The van der Waals surface area contributed by atoms with Crippen molar-refractivity contribution in [3.63, 3.8) is 0 Å². The number of hydrogen-bond donors (Lipinski definition) is 0. The summed E-state index contributed by atoms with van der Waals surface area (Å²) in [6.45, 7) is 1.65. The fourth-order valence-electron chi connectivity index (χ4n) is 2.62. The van der Waals surface area contributed by atoms with Crippen LogP contribution < -0.4 is 0 Å². The Balaban J connectivity index is 1.93. The van der Waals surface area contributed by atoms with Crippen LogP contribution in [0.4, 0.5) is 5.69 Å². The summed E-state index contributed by atoms with van der Waals surface area (Å²) in [6.07, 6.45) is 3.20. The molecule has 0 aliphatic carbocycles. The van der Waals surface area contributed by atoms with Crippen LogP contribution in [0.2, 0.25) is 0 Å². The van der Waals surface area contributed by atoms with Gasteiger partial charge < -0.3 is 0 Å². The highest BCUT2D eigenvalue weighted by atomic mass is 16.6. The monoisotopic (exact) mass is 317 g/mol. The Kier molecular flexibility index (Phi) is 4.20. The van der Waals surface area contributed by atoms with Crippen LogP contribution in [0.3, 0.4) is 0 Å². The lowest BCUT2D eigenvalue weighted by Crippen LogP contribution is -1.98. The minimum atomic E-state index is -0.472. The fraction of sp³-hybridized carbons (Fsp3) is 0.0500. The molecule has 118 valence electrons. The number of benzene rings is 3. The van der Waals surface area contributed by atoms with E-state index in [0.717, 1.165) is 16.3 Å². The van der Waals surface area contributed by atoms with E-state index in [1.165, 1.54) is 12.1 Å². The number of nitro groups is 1. The van der Waals surface area contributed by atoms with Gasteiger partial charge in [-0.3, -0.25) is 14.9 Å². The summed E-state index contributed by atoms with van der Waals surface area (Å²) in [4.78, 5) is 22.9. The van der Waals surface area contributed by atoms with E-state index < -0.39 is 4.92 Å². The first-order chi connectivity index (χ1) is 11.6. The predicted molar refractivity (Wildman–Crippen MR) is 95.1 cm³/mol. The van der Waals surface area contributed by atoms with Crippen LogP contribution in [-0.2, 0) is 0 Å². The summed E-state index contributed by atoms with van der Waals surface area (Å²) in [5.41, 5.74) is 1.74. The molecule has 3 aromatic rings. The highest BCUT2D eigenvalue weighted by Crippen LogP contribution is 2.22. The highest BCUT2D eigenvalue weighted by molar-refractivity contribution is 6.08. The van der Waals surface area contributed by atoms with Crippen molar-refractivity contribution in [3.8, 4) is 0 Å². The van der Waals surface area contributed by atoms with Gasteiger partial charge in [0.15, 0.2) is 5.78 Å². The average molecular weight is 317 g/mol. The van der Waals surface area contributed by atoms with Gasteiger partial charge >= 0.3 is 0 Å². The van der Waals surface area contributed by atoms with E-state index in [1.807, 2.05) is 42.5 Å². The molecule has 3 rings (SSSR count). The number of aryl methyl sites for hydroxylation is 1. The first-order valence-corrected chi connectivity index (χ1v) is 7.51. The molecule has 0 N–H and O–H groups in total. The van der Waals surface area contributed by atoms with Gasteiger partial charge in [-0.2, -0.15) is 0 Å². The Hall–Kier alpha value is -3.27. The summed E-state index contributed by atoms with van der Waals surface area (Å²) >= 11 is 0. The third-order valence-electron chi connectivity index (χ3n) is 3.93. The average Bonchev–Trinajstić information content (AvgIpc) is 2.59. The van der Waals surface area contributed by atoms with Gasteiger partial charge in [0, 0.05) is 17.2 Å². The Bertz CT molecular complexity index is 968. The molecular weight excluding hydrogens is 302 g/mol. The van der Waals surface area contributed by atoms with Crippen LogP contribution in [0.5, 0.6) is 0 Å². The molecular formula is C20H15NO3. The second kappa shape index (κ2) is 6.46. The topological polar surface area (TPSA) is 60.2 Å². The van der Waals surface area contributed by atoms with E-state index in [4.69, 9.17) is 0 Å². The van der Waals surface area contributed by atoms with Crippen molar-refractivity contribution < 1.29 is 9.72 Å². The lowest BCUT2D eigenvalue weighted by Gasteiger charge is -2.02. The third-order valence-corrected chi connectivity index (χ3v) is 3.93. The number of nitro benzene ring substituents is 1. The molecule has 0 radical (unpaired) electrons. The zero-order valence-electron chi connectivity index (χ0n) is 13.1. The maximum Gasteiger partial charge on any atom is 0.273 e. The molecule has 0 aromatic heterocycles. The third kappa shape index (κ3) is 3.08. The van der Waals surface area contributed by atoms with Crippen molar-refractivity contribution in [2.24, 2.45) is 0 Å². The number of fused-ring (bicyclic) bond motifs is 1. The minimum Gasteiger partial charge on any atom is -0.289 e. The van der Waals surface area contributed by atoms with Crippen LogP contribution in [0, 0.1) is 17.0 Å².